The Morgan fingerprint density at radius 3 is 3.19 bits per heavy atom. The zero-order valence-electron chi connectivity index (χ0n) is 11.3. The predicted octanol–water partition coefficient (Wildman–Crippen LogP) is 0.676. The molecule has 21 heavy (non-hydrogen) atoms. The molecule has 0 saturated carbocycles. The molecule has 3 heterocycles. The predicted molar refractivity (Wildman–Crippen MR) is 77.9 cm³/mol. The number of H-pyrrole nitrogens is 1. The molecule has 0 radical (unpaired) electrons. The number of fused-ring (bicyclic) bond motifs is 2. The van der Waals surface area contributed by atoms with Gasteiger partial charge in [0, 0.05) is 41.8 Å². The van der Waals surface area contributed by atoms with Gasteiger partial charge in [-0.3, -0.25) is 9.89 Å². The van der Waals surface area contributed by atoms with Crippen LogP contribution in [0.4, 0.5) is 5.69 Å². The van der Waals surface area contributed by atoms with E-state index in [4.69, 9.17) is 5.73 Å². The van der Waals surface area contributed by atoms with Gasteiger partial charge in [-0.25, -0.2) is 0 Å². The van der Waals surface area contributed by atoms with Gasteiger partial charge in [-0.2, -0.15) is 14.9 Å². The van der Waals surface area contributed by atoms with E-state index in [1.807, 2.05) is 6.07 Å². The molecule has 7 heteroatoms. The zero-order valence-corrected chi connectivity index (χ0v) is 11.3. The maximum Gasteiger partial charge on any atom is 0.299 e. The summed E-state index contributed by atoms with van der Waals surface area (Å²) in [5.74, 6) is -0.239. The number of nitrogens with one attached hydrogen (secondary N) is 2. The van der Waals surface area contributed by atoms with E-state index in [2.05, 4.69) is 20.6 Å². The highest BCUT2D eigenvalue weighted by Gasteiger charge is 2.24. The molecule has 0 saturated heterocycles. The van der Waals surface area contributed by atoms with Crippen molar-refractivity contribution < 1.29 is 4.79 Å². The lowest BCUT2D eigenvalue weighted by molar-refractivity contribution is 0.0944. The quantitative estimate of drug-likeness (QED) is 0.570. The molecule has 0 aliphatic carbocycles. The summed E-state index contributed by atoms with van der Waals surface area (Å²) in [7, 11) is 0. The van der Waals surface area contributed by atoms with Crippen molar-refractivity contribution in [1.82, 2.24) is 25.3 Å². The average Bonchev–Trinajstić information content (AvgIpc) is 3.10. The summed E-state index contributed by atoms with van der Waals surface area (Å²) in [5, 5.41) is 15.4. The second-order valence-corrected chi connectivity index (χ2v) is 5.14. The molecule has 4 rings (SSSR count). The van der Waals surface area contributed by atoms with Gasteiger partial charge < -0.3 is 11.1 Å². The van der Waals surface area contributed by atoms with Crippen molar-refractivity contribution in [2.24, 2.45) is 0 Å². The largest absolute Gasteiger partial charge is 0.399 e. The lowest BCUT2D eigenvalue weighted by Gasteiger charge is -2.12. The van der Waals surface area contributed by atoms with E-state index in [1.54, 1.807) is 18.3 Å². The van der Waals surface area contributed by atoms with Crippen LogP contribution in [-0.2, 0) is 13.0 Å². The summed E-state index contributed by atoms with van der Waals surface area (Å²) in [6.07, 6.45) is 2.51. The van der Waals surface area contributed by atoms with Crippen LogP contribution in [0.5, 0.6) is 0 Å². The number of aromatic nitrogens is 4. The maximum atomic E-state index is 12.7. The van der Waals surface area contributed by atoms with Crippen molar-refractivity contribution in [2.45, 2.75) is 13.0 Å². The minimum atomic E-state index is -0.239. The fourth-order valence-electron chi connectivity index (χ4n) is 2.70. The summed E-state index contributed by atoms with van der Waals surface area (Å²) in [5.41, 5.74) is 9.46. The van der Waals surface area contributed by atoms with Gasteiger partial charge in [-0.1, -0.05) is 0 Å². The van der Waals surface area contributed by atoms with Crippen LogP contribution in [0.2, 0.25) is 0 Å². The van der Waals surface area contributed by atoms with Gasteiger partial charge in [0.2, 0.25) is 0 Å². The van der Waals surface area contributed by atoms with E-state index in [1.165, 1.54) is 4.68 Å². The van der Waals surface area contributed by atoms with Crippen molar-refractivity contribution in [1.29, 1.82) is 0 Å². The van der Waals surface area contributed by atoms with Crippen LogP contribution in [0.15, 0.2) is 24.4 Å². The minimum absolute atomic E-state index is 0.239. The molecular weight excluding hydrogens is 268 g/mol. The summed E-state index contributed by atoms with van der Waals surface area (Å²) in [6.45, 7) is 1.54. The number of anilines is 1. The van der Waals surface area contributed by atoms with E-state index < -0.39 is 0 Å². The Labute approximate surface area is 120 Å². The Balaban J connectivity index is 1.83. The fraction of sp³-hybridized carbons (Fsp3) is 0.214. The second kappa shape index (κ2) is 4.42. The number of nitrogens with zero attached hydrogens (tertiary/aromatic N) is 3. The van der Waals surface area contributed by atoms with Crippen LogP contribution < -0.4 is 11.1 Å². The number of carbonyl (C=O) groups excluding carboxylic acids is 1. The Kier molecular flexibility index (Phi) is 2.55. The van der Waals surface area contributed by atoms with Crippen LogP contribution in [-0.4, -0.2) is 32.4 Å². The SMILES string of the molecule is Nc1ccc2cnn(C(=O)c3n[nH]c4c3CNCC4)c2c1. The highest BCUT2D eigenvalue weighted by atomic mass is 16.2. The number of benzene rings is 1. The van der Waals surface area contributed by atoms with Gasteiger partial charge in [-0.15, -0.1) is 0 Å². The van der Waals surface area contributed by atoms with Crippen LogP contribution in [0.25, 0.3) is 10.9 Å². The number of carbonyl (C=O) groups is 1. The number of rotatable bonds is 1. The van der Waals surface area contributed by atoms with Crippen LogP contribution in [0, 0.1) is 0 Å². The Hall–Kier alpha value is -2.67. The molecule has 4 N–H and O–H groups in total. The van der Waals surface area contributed by atoms with E-state index in [0.29, 0.717) is 23.4 Å². The second-order valence-electron chi connectivity index (χ2n) is 5.14. The molecule has 1 aliphatic rings. The van der Waals surface area contributed by atoms with E-state index >= 15 is 0 Å². The van der Waals surface area contributed by atoms with Crippen LogP contribution in [0.3, 0.4) is 0 Å². The third kappa shape index (κ3) is 1.82. The Morgan fingerprint density at radius 2 is 2.29 bits per heavy atom. The maximum absolute atomic E-state index is 12.7. The molecule has 0 bridgehead atoms. The third-order valence-corrected chi connectivity index (χ3v) is 3.80. The molecule has 0 spiro atoms. The third-order valence-electron chi connectivity index (χ3n) is 3.80. The minimum Gasteiger partial charge on any atom is -0.399 e. The lowest BCUT2D eigenvalue weighted by atomic mass is 10.1. The highest BCUT2D eigenvalue weighted by molar-refractivity contribution is 6.01. The van der Waals surface area contributed by atoms with Crippen molar-refractivity contribution >= 4 is 22.5 Å². The van der Waals surface area contributed by atoms with Gasteiger partial charge >= 0.3 is 0 Å². The normalized spacial score (nSPS) is 14.3. The standard InChI is InChI=1S/C14H14N6O/c15-9-2-1-8-6-17-20(12(8)5-9)14(21)13-10-7-16-4-3-11(10)18-19-13/h1-2,5-6,16H,3-4,7,15H2,(H,18,19). The summed E-state index contributed by atoms with van der Waals surface area (Å²) in [6, 6.07) is 5.39. The van der Waals surface area contributed by atoms with Crippen LogP contribution >= 0.6 is 0 Å². The van der Waals surface area contributed by atoms with Gasteiger partial charge in [0.15, 0.2) is 5.69 Å². The first-order chi connectivity index (χ1) is 10.2. The molecule has 1 aromatic carbocycles. The molecule has 0 amide bonds. The first-order valence-corrected chi connectivity index (χ1v) is 6.79. The summed E-state index contributed by atoms with van der Waals surface area (Å²) >= 11 is 0. The van der Waals surface area contributed by atoms with Crippen molar-refractivity contribution in [3.8, 4) is 0 Å². The molecule has 0 atom stereocenters. The lowest BCUT2D eigenvalue weighted by Crippen LogP contribution is -2.25. The fourth-order valence-corrected chi connectivity index (χ4v) is 2.70. The monoisotopic (exact) mass is 282 g/mol. The number of aromatic amines is 1. The van der Waals surface area contributed by atoms with Gasteiger partial charge in [0.25, 0.3) is 5.91 Å². The molecule has 3 aromatic rings. The summed E-state index contributed by atoms with van der Waals surface area (Å²) in [4.78, 5) is 12.7. The van der Waals surface area contributed by atoms with Crippen molar-refractivity contribution in [2.75, 3.05) is 12.3 Å². The number of nitrogens with two attached hydrogens (primary N) is 1. The zero-order chi connectivity index (χ0) is 14.4. The number of nitrogen functional groups attached to an aromatic ring is 1. The first kappa shape index (κ1) is 12.1. The molecule has 7 nitrogen and oxygen atoms in total. The molecule has 2 aromatic heterocycles. The number of hydrogen-bond donors (Lipinski definition) is 3. The molecule has 106 valence electrons. The Bertz CT molecular complexity index is 846. The molecular formula is C14H14N6O. The average molecular weight is 282 g/mol. The molecule has 1 aliphatic heterocycles. The Morgan fingerprint density at radius 1 is 1.38 bits per heavy atom. The van der Waals surface area contributed by atoms with Gasteiger partial charge in [0.1, 0.15) is 0 Å². The number of hydrogen-bond acceptors (Lipinski definition) is 5. The van der Waals surface area contributed by atoms with Gasteiger partial charge in [0.05, 0.1) is 11.7 Å². The van der Waals surface area contributed by atoms with Crippen molar-refractivity contribution in [3.05, 3.63) is 41.3 Å². The van der Waals surface area contributed by atoms with Crippen molar-refractivity contribution in [3.63, 3.8) is 0 Å². The molecule has 0 unspecified atom stereocenters. The van der Waals surface area contributed by atoms with E-state index in [-0.39, 0.29) is 5.91 Å². The van der Waals surface area contributed by atoms with E-state index in [0.717, 1.165) is 29.6 Å². The first-order valence-electron chi connectivity index (χ1n) is 6.79. The summed E-state index contributed by atoms with van der Waals surface area (Å²) < 4.78 is 1.36. The smallest absolute Gasteiger partial charge is 0.299 e. The highest BCUT2D eigenvalue weighted by Crippen LogP contribution is 2.20. The molecule has 0 fully saturated rings. The van der Waals surface area contributed by atoms with Gasteiger partial charge in [-0.05, 0) is 18.2 Å². The topological polar surface area (TPSA) is 102 Å². The van der Waals surface area contributed by atoms with E-state index in [9.17, 15) is 4.79 Å². The van der Waals surface area contributed by atoms with Crippen LogP contribution in [0.1, 0.15) is 21.7 Å².